The largest absolute Gasteiger partial charge is 0.378 e. The van der Waals surface area contributed by atoms with E-state index < -0.39 is 0 Å². The number of anilines is 2. The first kappa shape index (κ1) is 16.8. The Morgan fingerprint density at radius 2 is 1.79 bits per heavy atom. The minimum Gasteiger partial charge on any atom is -0.378 e. The van der Waals surface area contributed by atoms with E-state index >= 15 is 0 Å². The van der Waals surface area contributed by atoms with Gasteiger partial charge in [0.05, 0.1) is 5.92 Å². The van der Waals surface area contributed by atoms with E-state index in [-0.39, 0.29) is 17.7 Å². The Hall–Kier alpha value is -2.04. The molecular formula is C19H27N3O2. The van der Waals surface area contributed by atoms with Crippen LogP contribution >= 0.6 is 0 Å². The zero-order valence-electron chi connectivity index (χ0n) is 14.6. The summed E-state index contributed by atoms with van der Waals surface area (Å²) in [7, 11) is 3.97. The number of nitrogens with zero attached hydrogens (tertiary/aromatic N) is 2. The molecule has 130 valence electrons. The third kappa shape index (κ3) is 3.71. The Labute approximate surface area is 144 Å². The van der Waals surface area contributed by atoms with Crippen LogP contribution in [0, 0.1) is 5.92 Å². The molecule has 0 bridgehead atoms. The van der Waals surface area contributed by atoms with E-state index in [1.807, 2.05) is 48.2 Å². The molecule has 3 rings (SSSR count). The summed E-state index contributed by atoms with van der Waals surface area (Å²) in [6.45, 7) is 0.575. The molecule has 1 aromatic carbocycles. The third-order valence-electron chi connectivity index (χ3n) is 5.20. The van der Waals surface area contributed by atoms with Gasteiger partial charge in [-0.05, 0) is 37.1 Å². The van der Waals surface area contributed by atoms with Crippen molar-refractivity contribution in [2.24, 2.45) is 5.92 Å². The maximum Gasteiger partial charge on any atom is 0.229 e. The van der Waals surface area contributed by atoms with Crippen molar-refractivity contribution in [1.82, 2.24) is 4.90 Å². The minimum absolute atomic E-state index is 0.0423. The van der Waals surface area contributed by atoms with Crippen molar-refractivity contribution in [3.05, 3.63) is 24.3 Å². The average Bonchev–Trinajstić information content (AvgIpc) is 2.98. The van der Waals surface area contributed by atoms with Gasteiger partial charge in [-0.3, -0.25) is 9.59 Å². The zero-order chi connectivity index (χ0) is 17.1. The van der Waals surface area contributed by atoms with Gasteiger partial charge in [0, 0.05) is 44.5 Å². The number of amides is 2. The monoisotopic (exact) mass is 329 g/mol. The lowest BCUT2D eigenvalue weighted by Crippen LogP contribution is -2.38. The van der Waals surface area contributed by atoms with Gasteiger partial charge in [0.25, 0.3) is 0 Å². The van der Waals surface area contributed by atoms with Crippen LogP contribution in [0.2, 0.25) is 0 Å². The highest BCUT2D eigenvalue weighted by Gasteiger charge is 2.38. The molecule has 24 heavy (non-hydrogen) atoms. The maximum atomic E-state index is 12.5. The molecule has 2 amide bonds. The van der Waals surface area contributed by atoms with Crippen molar-refractivity contribution in [3.63, 3.8) is 0 Å². The standard InChI is InChI=1S/C19H27N3O2/c1-21(2)16-10-8-15(9-11-16)20-19(24)14-12-18(23)22(13-14)17-6-4-3-5-7-17/h8-11,14,17H,3-7,12-13H2,1-2H3,(H,20,24). The van der Waals surface area contributed by atoms with Gasteiger partial charge >= 0.3 is 0 Å². The smallest absolute Gasteiger partial charge is 0.229 e. The second kappa shape index (κ2) is 7.24. The van der Waals surface area contributed by atoms with Crippen molar-refractivity contribution in [1.29, 1.82) is 0 Å². The minimum atomic E-state index is -0.229. The molecule has 0 aromatic heterocycles. The molecule has 1 saturated heterocycles. The quantitative estimate of drug-likeness (QED) is 0.924. The molecule has 0 spiro atoms. The summed E-state index contributed by atoms with van der Waals surface area (Å²) < 4.78 is 0. The molecule has 1 aliphatic heterocycles. The first-order valence-corrected chi connectivity index (χ1v) is 8.92. The van der Waals surface area contributed by atoms with Gasteiger partial charge < -0.3 is 15.1 Å². The van der Waals surface area contributed by atoms with Gasteiger partial charge in [0.1, 0.15) is 0 Å². The lowest BCUT2D eigenvalue weighted by atomic mass is 9.94. The molecule has 1 aromatic rings. The molecule has 5 heteroatoms. The van der Waals surface area contributed by atoms with Crippen LogP contribution in [0.15, 0.2) is 24.3 Å². The van der Waals surface area contributed by atoms with E-state index in [1.165, 1.54) is 19.3 Å². The summed E-state index contributed by atoms with van der Waals surface area (Å²) in [4.78, 5) is 28.8. The predicted molar refractivity (Wildman–Crippen MR) is 96.1 cm³/mol. The van der Waals surface area contributed by atoms with Crippen LogP contribution < -0.4 is 10.2 Å². The first-order chi connectivity index (χ1) is 11.5. The average molecular weight is 329 g/mol. The van der Waals surface area contributed by atoms with Crippen LogP contribution in [0.25, 0.3) is 0 Å². The van der Waals surface area contributed by atoms with Crippen molar-refractivity contribution < 1.29 is 9.59 Å². The fourth-order valence-corrected chi connectivity index (χ4v) is 3.74. The molecule has 0 radical (unpaired) electrons. The fraction of sp³-hybridized carbons (Fsp3) is 0.579. The van der Waals surface area contributed by atoms with Crippen LogP contribution in [0.1, 0.15) is 38.5 Å². The van der Waals surface area contributed by atoms with E-state index in [9.17, 15) is 9.59 Å². The molecule has 1 aliphatic carbocycles. The van der Waals surface area contributed by atoms with E-state index in [4.69, 9.17) is 0 Å². The first-order valence-electron chi connectivity index (χ1n) is 8.92. The normalized spacial score (nSPS) is 21.8. The van der Waals surface area contributed by atoms with Crippen LogP contribution in [0.5, 0.6) is 0 Å². The molecule has 1 N–H and O–H groups in total. The molecule has 1 atom stereocenters. The Morgan fingerprint density at radius 3 is 2.42 bits per heavy atom. The summed E-state index contributed by atoms with van der Waals surface area (Å²) in [6, 6.07) is 8.11. The number of hydrogen-bond acceptors (Lipinski definition) is 3. The highest BCUT2D eigenvalue weighted by Crippen LogP contribution is 2.29. The molecular weight excluding hydrogens is 302 g/mol. The number of benzene rings is 1. The van der Waals surface area contributed by atoms with E-state index in [0.29, 0.717) is 19.0 Å². The fourth-order valence-electron chi connectivity index (χ4n) is 3.74. The van der Waals surface area contributed by atoms with Crippen LogP contribution in [-0.4, -0.2) is 43.4 Å². The zero-order valence-corrected chi connectivity index (χ0v) is 14.6. The summed E-state index contributed by atoms with van der Waals surface area (Å²) in [5, 5.41) is 2.96. The van der Waals surface area contributed by atoms with Crippen LogP contribution in [0.4, 0.5) is 11.4 Å². The molecule has 2 aliphatic rings. The number of carbonyl (C=O) groups excluding carboxylic acids is 2. The number of rotatable bonds is 4. The number of nitrogens with one attached hydrogen (secondary N) is 1. The summed E-state index contributed by atoms with van der Waals surface area (Å²) >= 11 is 0. The highest BCUT2D eigenvalue weighted by atomic mass is 16.2. The van der Waals surface area contributed by atoms with Gasteiger partial charge in [0.2, 0.25) is 11.8 Å². The van der Waals surface area contributed by atoms with Gasteiger partial charge in [-0.15, -0.1) is 0 Å². The second-order valence-corrected chi connectivity index (χ2v) is 7.17. The van der Waals surface area contributed by atoms with Crippen LogP contribution in [-0.2, 0) is 9.59 Å². The Balaban J connectivity index is 1.58. The molecule has 1 heterocycles. The predicted octanol–water partition coefficient (Wildman–Crippen LogP) is 2.87. The summed E-state index contributed by atoms with van der Waals surface area (Å²) in [6.07, 6.45) is 6.19. The van der Waals surface area contributed by atoms with Gasteiger partial charge in [0.15, 0.2) is 0 Å². The van der Waals surface area contributed by atoms with Crippen molar-refractivity contribution in [2.75, 3.05) is 30.9 Å². The lowest BCUT2D eigenvalue weighted by Gasteiger charge is -2.31. The van der Waals surface area contributed by atoms with Gasteiger partial charge in [-0.25, -0.2) is 0 Å². The lowest BCUT2D eigenvalue weighted by molar-refractivity contribution is -0.130. The molecule has 2 fully saturated rings. The van der Waals surface area contributed by atoms with Crippen LogP contribution in [0.3, 0.4) is 0 Å². The topological polar surface area (TPSA) is 52.7 Å². The number of likely N-dealkylation sites (tertiary alicyclic amines) is 1. The number of carbonyl (C=O) groups is 2. The Kier molecular flexibility index (Phi) is 5.07. The highest BCUT2D eigenvalue weighted by molar-refractivity contribution is 5.97. The van der Waals surface area contributed by atoms with E-state index in [1.54, 1.807) is 0 Å². The van der Waals surface area contributed by atoms with Crippen molar-refractivity contribution in [2.45, 2.75) is 44.6 Å². The van der Waals surface area contributed by atoms with Gasteiger partial charge in [-0.1, -0.05) is 19.3 Å². The van der Waals surface area contributed by atoms with Gasteiger partial charge in [-0.2, -0.15) is 0 Å². The molecule has 1 unspecified atom stereocenters. The number of hydrogen-bond donors (Lipinski definition) is 1. The Bertz CT molecular complexity index is 591. The van der Waals surface area contributed by atoms with Crippen molar-refractivity contribution in [3.8, 4) is 0 Å². The van der Waals surface area contributed by atoms with Crippen molar-refractivity contribution >= 4 is 23.2 Å². The SMILES string of the molecule is CN(C)c1ccc(NC(=O)C2CC(=O)N(C3CCCCC3)C2)cc1. The summed E-state index contributed by atoms with van der Waals surface area (Å²) in [5.74, 6) is -0.128. The molecule has 1 saturated carbocycles. The van der Waals surface area contributed by atoms with E-state index in [0.717, 1.165) is 24.2 Å². The summed E-state index contributed by atoms with van der Waals surface area (Å²) in [5.41, 5.74) is 1.88. The maximum absolute atomic E-state index is 12.5. The Morgan fingerprint density at radius 1 is 1.12 bits per heavy atom. The second-order valence-electron chi connectivity index (χ2n) is 7.17. The third-order valence-corrected chi connectivity index (χ3v) is 5.20. The van der Waals surface area contributed by atoms with E-state index in [2.05, 4.69) is 5.32 Å². The molecule has 5 nitrogen and oxygen atoms in total.